The number of anilines is 4. The number of fused-ring (bicyclic) bond motifs is 3. The average Bonchev–Trinajstić information content (AvgIpc) is 1.25. The first-order chi connectivity index (χ1) is 46.6. The van der Waals surface area contributed by atoms with Crippen LogP contribution in [0.4, 0.5) is 27.7 Å². The Morgan fingerprint density at radius 1 is 0.742 bits per heavy atom. The molecule has 10 rings (SSSR count). The van der Waals surface area contributed by atoms with Crippen molar-refractivity contribution < 1.29 is 61.9 Å². The van der Waals surface area contributed by atoms with Crippen LogP contribution in [0, 0.1) is 12.8 Å². The number of nitrogens with zero attached hydrogens (tertiary/aromatic N) is 5. The predicted octanol–water partition coefficient (Wildman–Crippen LogP) is 12.1. The molecule has 4 amide bonds. The third-order valence-corrected chi connectivity index (χ3v) is 18.3. The van der Waals surface area contributed by atoms with Gasteiger partial charge in [0.05, 0.1) is 103 Å². The van der Waals surface area contributed by atoms with Crippen LogP contribution in [-0.4, -0.2) is 157 Å². The summed E-state index contributed by atoms with van der Waals surface area (Å²) in [4.78, 5) is 84.0. The zero-order chi connectivity index (χ0) is 68.8. The standard InChI is InChI=1S/C75H93ClN8O13/c1-48(78-69(85)52-20-18-50(19-21-52)51-22-25-55(26-23-51)81-73(89)97-75(6,7)8)61-47-66(80-49(2)79-61)84-62-17-13-10-14-53(62)44-64(84)70(86)77-30-33-91-36-38-93-40-42-95-43-41-94-39-37-92-34-31-82-32-35-96-65-29-24-54(45-63(65)82)68-67(72(88)90-9)57-15-11-12-16-58(57)71(87)83(68)56-27-28-59(60(76)46-56)74(3,4)5/h11-12,15-16,18-29,45-48,53,62,64,67-68H,10,13-14,17,30-44H2,1-9H3,(H,77,86)(H,78,85)(H,81,89)/t48-,53-,62-,64-,67+,68-/m0/s1. The maximum Gasteiger partial charge on any atom is 0.412 e. The molecule has 518 valence electrons. The number of hydrogen-bond acceptors (Lipinski definition) is 17. The number of rotatable bonds is 28. The molecule has 4 heterocycles. The van der Waals surface area contributed by atoms with Crippen molar-refractivity contribution in [3.8, 4) is 16.9 Å². The lowest BCUT2D eigenvalue weighted by Gasteiger charge is -2.42. The molecule has 5 aromatic carbocycles. The van der Waals surface area contributed by atoms with Gasteiger partial charge in [-0.2, -0.15) is 0 Å². The average molecular weight is 1350 g/mol. The molecule has 4 aliphatic rings. The van der Waals surface area contributed by atoms with E-state index in [1.807, 2.05) is 113 Å². The predicted molar refractivity (Wildman–Crippen MR) is 373 cm³/mol. The summed E-state index contributed by atoms with van der Waals surface area (Å²) < 4.78 is 46.0. The van der Waals surface area contributed by atoms with Gasteiger partial charge in [-0.15, -0.1) is 0 Å². The summed E-state index contributed by atoms with van der Waals surface area (Å²) in [5.74, 6) is 0.471. The molecule has 6 aromatic rings. The first-order valence-electron chi connectivity index (χ1n) is 33.8. The van der Waals surface area contributed by atoms with Gasteiger partial charge in [-0.3, -0.25) is 29.4 Å². The van der Waals surface area contributed by atoms with Crippen LogP contribution in [0.25, 0.3) is 11.1 Å². The number of carbonyl (C=O) groups is 5. The van der Waals surface area contributed by atoms with Crippen LogP contribution in [0.3, 0.4) is 0 Å². The van der Waals surface area contributed by atoms with Crippen LogP contribution in [0.5, 0.6) is 5.75 Å². The second-order valence-corrected chi connectivity index (χ2v) is 27.4. The highest BCUT2D eigenvalue weighted by Gasteiger charge is 2.48. The number of methoxy groups -OCH3 is 1. The topological polar surface area (TPSA) is 231 Å². The molecular formula is C75H93ClN8O13. The fourth-order valence-electron chi connectivity index (χ4n) is 13.3. The van der Waals surface area contributed by atoms with Crippen molar-refractivity contribution in [1.29, 1.82) is 0 Å². The summed E-state index contributed by atoms with van der Waals surface area (Å²) in [7, 11) is 1.37. The van der Waals surface area contributed by atoms with Gasteiger partial charge in [0.1, 0.15) is 41.6 Å². The maximum atomic E-state index is 14.6. The van der Waals surface area contributed by atoms with Crippen molar-refractivity contribution in [3.63, 3.8) is 0 Å². The minimum Gasteiger partial charge on any atom is -0.490 e. The van der Waals surface area contributed by atoms with Crippen LogP contribution in [-0.2, 0) is 48.2 Å². The largest absolute Gasteiger partial charge is 0.490 e. The van der Waals surface area contributed by atoms with Crippen LogP contribution < -0.4 is 35.4 Å². The van der Waals surface area contributed by atoms with Gasteiger partial charge >= 0.3 is 12.1 Å². The van der Waals surface area contributed by atoms with Gasteiger partial charge in [0.2, 0.25) is 5.91 Å². The van der Waals surface area contributed by atoms with Gasteiger partial charge in [0.25, 0.3) is 11.8 Å². The third kappa shape index (κ3) is 18.3. The highest BCUT2D eigenvalue weighted by Crippen LogP contribution is 2.49. The van der Waals surface area contributed by atoms with Gasteiger partial charge < -0.3 is 58.3 Å². The van der Waals surface area contributed by atoms with E-state index in [1.165, 1.54) is 7.11 Å². The molecular weight excluding hydrogens is 1260 g/mol. The molecule has 1 aromatic heterocycles. The molecule has 2 fully saturated rings. The molecule has 1 aliphatic carbocycles. The monoisotopic (exact) mass is 1350 g/mol. The van der Waals surface area contributed by atoms with Crippen LogP contribution in [0.15, 0.2) is 115 Å². The van der Waals surface area contributed by atoms with Gasteiger partial charge in [0.15, 0.2) is 0 Å². The molecule has 0 unspecified atom stereocenters. The lowest BCUT2D eigenvalue weighted by atomic mass is 9.79. The third-order valence-electron chi connectivity index (χ3n) is 18.0. The summed E-state index contributed by atoms with van der Waals surface area (Å²) in [5, 5.41) is 9.52. The maximum absolute atomic E-state index is 14.6. The number of aromatic nitrogens is 2. The fourth-order valence-corrected chi connectivity index (χ4v) is 13.8. The quantitative estimate of drug-likeness (QED) is 0.0306. The van der Waals surface area contributed by atoms with Crippen LogP contribution in [0.2, 0.25) is 5.02 Å². The van der Waals surface area contributed by atoms with E-state index in [-0.39, 0.29) is 29.2 Å². The lowest BCUT2D eigenvalue weighted by molar-refractivity contribution is -0.143. The Morgan fingerprint density at radius 2 is 1.39 bits per heavy atom. The highest BCUT2D eigenvalue weighted by molar-refractivity contribution is 6.32. The van der Waals surface area contributed by atoms with Crippen molar-refractivity contribution >= 4 is 64.3 Å². The minimum absolute atomic E-state index is 0.0653. The van der Waals surface area contributed by atoms with E-state index in [4.69, 9.17) is 59.5 Å². The minimum atomic E-state index is -0.829. The lowest BCUT2D eigenvalue weighted by Crippen LogP contribution is -2.48. The Morgan fingerprint density at radius 3 is 2.05 bits per heavy atom. The van der Waals surface area contributed by atoms with E-state index in [0.29, 0.717) is 154 Å². The SMILES string of the molecule is COC(=O)[C@@H]1c2ccccc2C(=O)N(c2ccc(C(C)(C)C)c(Cl)c2)[C@H]1c1ccc2c(c1)N(CCOCCOCCOCCOCCOCCNC(=O)[C@@H]1C[C@@H]3CCCC[C@@H]3N1c1cc([C@H](C)NC(=O)c3ccc(-c4ccc(NC(=O)OC(C)(C)C)cc4)cc3)nc(C)n1)CCO2. The van der Waals surface area contributed by atoms with Gasteiger partial charge in [0, 0.05) is 52.7 Å². The molecule has 22 heteroatoms. The van der Waals surface area contributed by atoms with Crippen LogP contribution in [0.1, 0.15) is 147 Å². The van der Waals surface area contributed by atoms with Gasteiger partial charge in [-0.1, -0.05) is 99.8 Å². The Labute approximate surface area is 574 Å². The van der Waals surface area contributed by atoms with E-state index in [1.54, 1.807) is 41.3 Å². The van der Waals surface area contributed by atoms with Crippen molar-refractivity contribution in [1.82, 2.24) is 20.6 Å². The molecule has 0 spiro atoms. The molecule has 0 radical (unpaired) electrons. The fraction of sp³-hybridized carbons (Fsp3) is 0.480. The first-order valence-corrected chi connectivity index (χ1v) is 34.2. The zero-order valence-electron chi connectivity index (χ0n) is 57.3. The number of esters is 1. The number of halogens is 1. The smallest absolute Gasteiger partial charge is 0.412 e. The summed E-state index contributed by atoms with van der Waals surface area (Å²) in [6, 6.07) is 33.9. The first kappa shape index (κ1) is 71.6. The number of benzene rings is 5. The Kier molecular flexibility index (Phi) is 24.3. The number of amides is 4. The summed E-state index contributed by atoms with van der Waals surface area (Å²) in [5.41, 5.74) is 6.90. The molecule has 97 heavy (non-hydrogen) atoms. The van der Waals surface area contributed by atoms with E-state index in [0.717, 1.165) is 60.0 Å². The summed E-state index contributed by atoms with van der Waals surface area (Å²) in [6.07, 6.45) is 4.45. The highest BCUT2D eigenvalue weighted by atomic mass is 35.5. The van der Waals surface area contributed by atoms with Crippen molar-refractivity contribution in [2.24, 2.45) is 5.92 Å². The molecule has 3 aliphatic heterocycles. The van der Waals surface area contributed by atoms with E-state index in [2.05, 4.69) is 46.5 Å². The second-order valence-electron chi connectivity index (χ2n) is 27.0. The number of ether oxygens (including phenoxy) is 8. The molecule has 0 bridgehead atoms. The number of carbonyl (C=O) groups excluding carboxylic acids is 5. The number of aryl methyl sites for hydroxylation is 1. The normalized spacial score (nSPS) is 18.7. The summed E-state index contributed by atoms with van der Waals surface area (Å²) >= 11 is 6.93. The number of nitrogens with one attached hydrogen (secondary N) is 3. The van der Waals surface area contributed by atoms with Gasteiger partial charge in [-0.05, 0) is 148 Å². The van der Waals surface area contributed by atoms with Crippen molar-refractivity contribution in [3.05, 3.63) is 160 Å². The van der Waals surface area contributed by atoms with E-state index >= 15 is 0 Å². The van der Waals surface area contributed by atoms with E-state index in [9.17, 15) is 24.0 Å². The number of hydrogen-bond donors (Lipinski definition) is 3. The Balaban J connectivity index is 0.607. The van der Waals surface area contributed by atoms with Crippen molar-refractivity contribution in [2.45, 2.75) is 129 Å². The molecule has 21 nitrogen and oxygen atoms in total. The van der Waals surface area contributed by atoms with Crippen molar-refractivity contribution in [2.75, 3.05) is 119 Å². The zero-order valence-corrected chi connectivity index (χ0v) is 58.0. The summed E-state index contributed by atoms with van der Waals surface area (Å²) in [6.45, 7) is 21.4. The Hall–Kier alpha value is -8.18. The molecule has 3 N–H and O–H groups in total. The molecule has 1 saturated carbocycles. The second kappa shape index (κ2) is 32.9. The van der Waals surface area contributed by atoms with E-state index < -0.39 is 41.7 Å². The molecule has 1 saturated heterocycles. The Bertz CT molecular complexity index is 3690. The van der Waals surface area contributed by atoms with Gasteiger partial charge in [-0.25, -0.2) is 14.8 Å². The van der Waals surface area contributed by atoms with Crippen LogP contribution >= 0.6 is 11.6 Å². The molecule has 6 atom stereocenters.